The van der Waals surface area contributed by atoms with E-state index in [4.69, 9.17) is 4.74 Å². The van der Waals surface area contributed by atoms with E-state index in [0.29, 0.717) is 12.3 Å². The number of aryl methyl sites for hydroxylation is 1. The van der Waals surface area contributed by atoms with Crippen molar-refractivity contribution in [1.29, 1.82) is 0 Å². The summed E-state index contributed by atoms with van der Waals surface area (Å²) in [5, 5.41) is 2.98. The summed E-state index contributed by atoms with van der Waals surface area (Å²) in [6.45, 7) is 6.40. The van der Waals surface area contributed by atoms with Crippen LogP contribution in [-0.2, 0) is 9.53 Å². The summed E-state index contributed by atoms with van der Waals surface area (Å²) >= 11 is 1.59. The van der Waals surface area contributed by atoms with Gasteiger partial charge in [-0.15, -0.1) is 11.8 Å². The minimum absolute atomic E-state index is 0.0939. The predicted octanol–water partition coefficient (Wildman–Crippen LogP) is 2.24. The minimum Gasteiger partial charge on any atom is -0.380 e. The Kier molecular flexibility index (Phi) is 4.30. The van der Waals surface area contributed by atoms with Crippen LogP contribution in [0, 0.1) is 12.3 Å². The maximum absolute atomic E-state index is 11.7. The van der Waals surface area contributed by atoms with E-state index in [2.05, 4.69) is 25.2 Å². The largest absolute Gasteiger partial charge is 0.380 e. The van der Waals surface area contributed by atoms with Gasteiger partial charge in [-0.25, -0.2) is 0 Å². The van der Waals surface area contributed by atoms with Crippen molar-refractivity contribution in [3.05, 3.63) is 29.8 Å². The van der Waals surface area contributed by atoms with E-state index in [1.54, 1.807) is 11.8 Å². The standard InChI is InChI=1S/C14H19NO2S/c1-11-5-3-4-6-12(11)18-7-13(16)15-8-14(2)9-17-10-14/h3-6H,7-10H2,1-2H3,(H,15,16). The number of hydrogen-bond donors (Lipinski definition) is 1. The second kappa shape index (κ2) is 5.76. The normalized spacial score (nSPS) is 17.0. The molecule has 0 radical (unpaired) electrons. The lowest BCUT2D eigenvalue weighted by Crippen LogP contribution is -2.48. The maximum atomic E-state index is 11.7. The fourth-order valence-corrected chi connectivity index (χ4v) is 2.64. The molecule has 1 aromatic carbocycles. The molecular formula is C14H19NO2S. The molecule has 18 heavy (non-hydrogen) atoms. The number of rotatable bonds is 5. The van der Waals surface area contributed by atoms with Crippen LogP contribution in [0.5, 0.6) is 0 Å². The molecule has 0 unspecified atom stereocenters. The summed E-state index contributed by atoms with van der Waals surface area (Å²) in [5.41, 5.74) is 1.36. The lowest BCUT2D eigenvalue weighted by molar-refractivity contribution is -0.124. The molecule has 3 nitrogen and oxygen atoms in total. The number of thioether (sulfide) groups is 1. The van der Waals surface area contributed by atoms with Gasteiger partial charge in [-0.1, -0.05) is 25.1 Å². The smallest absolute Gasteiger partial charge is 0.230 e. The van der Waals surface area contributed by atoms with Gasteiger partial charge in [0.1, 0.15) is 0 Å². The first-order valence-corrected chi connectivity index (χ1v) is 7.10. The van der Waals surface area contributed by atoms with Crippen LogP contribution in [0.15, 0.2) is 29.2 Å². The van der Waals surface area contributed by atoms with Crippen LogP contribution in [0.25, 0.3) is 0 Å². The lowest BCUT2D eigenvalue weighted by Gasteiger charge is -2.38. The molecule has 0 aromatic heterocycles. The van der Waals surface area contributed by atoms with Gasteiger partial charge in [-0.05, 0) is 18.6 Å². The maximum Gasteiger partial charge on any atom is 0.230 e. The summed E-state index contributed by atoms with van der Waals surface area (Å²) in [7, 11) is 0. The van der Waals surface area contributed by atoms with E-state index in [0.717, 1.165) is 13.2 Å². The molecule has 98 valence electrons. The van der Waals surface area contributed by atoms with Gasteiger partial charge in [0.15, 0.2) is 0 Å². The Balaban J connectivity index is 1.73. The molecular weight excluding hydrogens is 246 g/mol. The molecule has 1 amide bonds. The van der Waals surface area contributed by atoms with E-state index in [9.17, 15) is 4.79 Å². The molecule has 1 saturated heterocycles. The molecule has 1 aliphatic heterocycles. The van der Waals surface area contributed by atoms with Gasteiger partial charge in [0.05, 0.1) is 19.0 Å². The van der Waals surface area contributed by atoms with Crippen molar-refractivity contribution in [3.8, 4) is 0 Å². The second-order valence-electron chi connectivity index (χ2n) is 5.13. The van der Waals surface area contributed by atoms with Gasteiger partial charge < -0.3 is 10.1 Å². The third-order valence-corrected chi connectivity index (χ3v) is 4.24. The van der Waals surface area contributed by atoms with Crippen LogP contribution < -0.4 is 5.32 Å². The van der Waals surface area contributed by atoms with E-state index in [1.807, 2.05) is 18.2 Å². The number of carbonyl (C=O) groups is 1. The zero-order chi connectivity index (χ0) is 13.0. The zero-order valence-corrected chi connectivity index (χ0v) is 11.7. The zero-order valence-electron chi connectivity index (χ0n) is 10.9. The molecule has 0 atom stereocenters. The molecule has 0 bridgehead atoms. The Labute approximate surface area is 112 Å². The highest BCUT2D eigenvalue weighted by Gasteiger charge is 2.33. The average Bonchev–Trinajstić information content (AvgIpc) is 2.33. The number of benzene rings is 1. The number of carbonyl (C=O) groups excluding carboxylic acids is 1. The quantitative estimate of drug-likeness (QED) is 0.830. The molecule has 0 spiro atoms. The molecule has 1 fully saturated rings. The van der Waals surface area contributed by atoms with E-state index < -0.39 is 0 Å². The summed E-state index contributed by atoms with van der Waals surface area (Å²) in [4.78, 5) is 12.9. The second-order valence-corrected chi connectivity index (χ2v) is 6.15. The van der Waals surface area contributed by atoms with Gasteiger partial charge in [-0.3, -0.25) is 4.79 Å². The molecule has 2 rings (SSSR count). The Morgan fingerprint density at radius 3 is 2.78 bits per heavy atom. The highest BCUT2D eigenvalue weighted by atomic mass is 32.2. The van der Waals surface area contributed by atoms with Gasteiger partial charge in [-0.2, -0.15) is 0 Å². The van der Waals surface area contributed by atoms with Crippen molar-refractivity contribution >= 4 is 17.7 Å². The Hall–Kier alpha value is -1.00. The topological polar surface area (TPSA) is 38.3 Å². The third kappa shape index (κ3) is 3.50. The molecule has 1 aliphatic rings. The van der Waals surface area contributed by atoms with Crippen molar-refractivity contribution in [2.45, 2.75) is 18.7 Å². The predicted molar refractivity (Wildman–Crippen MR) is 73.8 cm³/mol. The third-order valence-electron chi connectivity index (χ3n) is 3.07. The number of ether oxygens (including phenoxy) is 1. The van der Waals surface area contributed by atoms with Crippen LogP contribution in [0.1, 0.15) is 12.5 Å². The first-order valence-electron chi connectivity index (χ1n) is 6.12. The fraction of sp³-hybridized carbons (Fsp3) is 0.500. The molecule has 4 heteroatoms. The van der Waals surface area contributed by atoms with Crippen LogP contribution in [0.4, 0.5) is 0 Å². The van der Waals surface area contributed by atoms with Gasteiger partial charge in [0.25, 0.3) is 0 Å². The number of hydrogen-bond acceptors (Lipinski definition) is 3. The Morgan fingerprint density at radius 2 is 2.17 bits per heavy atom. The average molecular weight is 265 g/mol. The van der Waals surface area contributed by atoms with E-state index in [1.165, 1.54) is 10.5 Å². The molecule has 0 saturated carbocycles. The van der Waals surface area contributed by atoms with Gasteiger partial charge in [0.2, 0.25) is 5.91 Å². The van der Waals surface area contributed by atoms with Gasteiger partial charge in [0, 0.05) is 16.9 Å². The van der Waals surface area contributed by atoms with Crippen molar-refractivity contribution in [1.82, 2.24) is 5.32 Å². The van der Waals surface area contributed by atoms with Crippen molar-refractivity contribution < 1.29 is 9.53 Å². The van der Waals surface area contributed by atoms with Crippen molar-refractivity contribution in [2.75, 3.05) is 25.5 Å². The van der Waals surface area contributed by atoms with Crippen LogP contribution in [-0.4, -0.2) is 31.4 Å². The Bertz CT molecular complexity index is 430. The van der Waals surface area contributed by atoms with Crippen LogP contribution >= 0.6 is 11.8 Å². The highest BCUT2D eigenvalue weighted by Crippen LogP contribution is 2.25. The van der Waals surface area contributed by atoms with Crippen LogP contribution in [0.2, 0.25) is 0 Å². The van der Waals surface area contributed by atoms with Gasteiger partial charge >= 0.3 is 0 Å². The number of nitrogens with one attached hydrogen (secondary N) is 1. The number of amides is 1. The first kappa shape index (κ1) is 13.4. The molecule has 1 aromatic rings. The summed E-state index contributed by atoms with van der Waals surface area (Å²) in [6.07, 6.45) is 0. The molecule has 1 heterocycles. The van der Waals surface area contributed by atoms with E-state index >= 15 is 0 Å². The monoisotopic (exact) mass is 265 g/mol. The van der Waals surface area contributed by atoms with Crippen LogP contribution in [0.3, 0.4) is 0 Å². The first-order chi connectivity index (χ1) is 8.59. The molecule has 1 N–H and O–H groups in total. The summed E-state index contributed by atoms with van der Waals surface area (Å²) < 4.78 is 5.16. The fourth-order valence-electron chi connectivity index (χ4n) is 1.78. The van der Waals surface area contributed by atoms with Crippen molar-refractivity contribution in [3.63, 3.8) is 0 Å². The minimum atomic E-state index is 0.0939. The summed E-state index contributed by atoms with van der Waals surface area (Å²) in [5.74, 6) is 0.568. The van der Waals surface area contributed by atoms with Crippen molar-refractivity contribution in [2.24, 2.45) is 5.41 Å². The Morgan fingerprint density at radius 1 is 1.44 bits per heavy atom. The summed E-state index contributed by atoms with van der Waals surface area (Å²) in [6, 6.07) is 8.12. The highest BCUT2D eigenvalue weighted by molar-refractivity contribution is 8.00. The van der Waals surface area contributed by atoms with E-state index in [-0.39, 0.29) is 11.3 Å². The SMILES string of the molecule is Cc1ccccc1SCC(=O)NCC1(C)COC1. The lowest BCUT2D eigenvalue weighted by atomic mass is 9.89. The molecule has 0 aliphatic carbocycles.